The Labute approximate surface area is 153 Å². The van der Waals surface area contributed by atoms with E-state index in [0.29, 0.717) is 5.56 Å². The zero-order valence-corrected chi connectivity index (χ0v) is 14.9. The van der Waals surface area contributed by atoms with Crippen LogP contribution in [0.5, 0.6) is 0 Å². The number of aromatic nitrogens is 2. The fourth-order valence-corrected chi connectivity index (χ4v) is 2.13. The number of nitrogens with zero attached hydrogens (tertiary/aromatic N) is 1. The fourth-order valence-electron chi connectivity index (χ4n) is 2.13. The average Bonchev–Trinajstić information content (AvgIpc) is 3.03. The van der Waals surface area contributed by atoms with Gasteiger partial charge in [-0.25, -0.2) is 9.78 Å². The quantitative estimate of drug-likeness (QED) is 0.749. The number of alkyl carbamates (subject to hydrolysis) is 1. The summed E-state index contributed by atoms with van der Waals surface area (Å²) in [7, 11) is 0. The molecule has 3 N–H and O–H groups in total. The molecule has 0 aliphatic heterocycles. The highest BCUT2D eigenvalue weighted by molar-refractivity contribution is 6.04. The normalized spacial score (nSPS) is 11.8. The lowest BCUT2D eigenvalue weighted by Crippen LogP contribution is -2.32. The molecular weight excluding hydrogens is 365 g/mol. The third-order valence-electron chi connectivity index (χ3n) is 3.20. The molecule has 1 heterocycles. The van der Waals surface area contributed by atoms with Gasteiger partial charge in [0.1, 0.15) is 5.60 Å². The summed E-state index contributed by atoms with van der Waals surface area (Å²) in [4.78, 5) is 30.3. The van der Waals surface area contributed by atoms with E-state index in [1.807, 2.05) is 0 Å². The van der Waals surface area contributed by atoms with Gasteiger partial charge >= 0.3 is 12.3 Å². The van der Waals surface area contributed by atoms with E-state index in [-0.39, 0.29) is 12.5 Å². The summed E-state index contributed by atoms with van der Waals surface area (Å²) in [6.07, 6.45) is -2.67. The van der Waals surface area contributed by atoms with E-state index in [2.05, 4.69) is 20.6 Å². The number of carbonyl (C=O) groups is 2. The van der Waals surface area contributed by atoms with Gasteiger partial charge in [-0.15, -0.1) is 0 Å². The number of halogens is 3. The van der Waals surface area contributed by atoms with Crippen molar-refractivity contribution in [3.05, 3.63) is 47.3 Å². The maximum absolute atomic E-state index is 13.2. The van der Waals surface area contributed by atoms with E-state index in [1.165, 1.54) is 18.5 Å². The number of anilines is 1. The van der Waals surface area contributed by atoms with Crippen LogP contribution < -0.4 is 10.6 Å². The molecule has 1 aromatic carbocycles. The lowest BCUT2D eigenvalue weighted by Gasteiger charge is -2.20. The molecule has 0 saturated heterocycles. The Morgan fingerprint density at radius 2 is 1.93 bits per heavy atom. The first kappa shape index (κ1) is 20.3. The number of alkyl halides is 3. The first-order valence-electron chi connectivity index (χ1n) is 7.93. The van der Waals surface area contributed by atoms with Gasteiger partial charge in [0.15, 0.2) is 0 Å². The van der Waals surface area contributed by atoms with Crippen LogP contribution in [0.3, 0.4) is 0 Å². The van der Waals surface area contributed by atoms with Gasteiger partial charge in [0.25, 0.3) is 5.91 Å². The average molecular weight is 384 g/mol. The second-order valence-corrected chi connectivity index (χ2v) is 6.63. The number of imidazole rings is 1. The zero-order valence-electron chi connectivity index (χ0n) is 14.9. The number of amides is 2. The number of aromatic amines is 1. The molecule has 2 aromatic rings. The maximum Gasteiger partial charge on any atom is 0.417 e. The molecule has 0 aliphatic rings. The molecule has 146 valence electrons. The molecule has 0 spiro atoms. The maximum atomic E-state index is 13.2. The van der Waals surface area contributed by atoms with Gasteiger partial charge in [0, 0.05) is 18.9 Å². The molecule has 0 aliphatic carbocycles. The third kappa shape index (κ3) is 6.01. The molecule has 0 saturated carbocycles. The predicted octanol–water partition coefficient (Wildman–Crippen LogP) is 3.71. The van der Waals surface area contributed by atoms with Crippen molar-refractivity contribution in [1.82, 2.24) is 15.3 Å². The topological polar surface area (TPSA) is 96.1 Å². The van der Waals surface area contributed by atoms with Crippen molar-refractivity contribution in [3.63, 3.8) is 0 Å². The summed E-state index contributed by atoms with van der Waals surface area (Å²) in [5.41, 5.74) is -2.08. The van der Waals surface area contributed by atoms with Crippen molar-refractivity contribution in [2.24, 2.45) is 0 Å². The predicted molar refractivity (Wildman–Crippen MR) is 91.1 cm³/mol. The molecule has 0 bridgehead atoms. The number of benzene rings is 1. The highest BCUT2D eigenvalue weighted by Gasteiger charge is 2.35. The molecule has 7 nitrogen and oxygen atoms in total. The Kier molecular flexibility index (Phi) is 5.77. The van der Waals surface area contributed by atoms with Crippen LogP contribution in [-0.2, 0) is 17.5 Å². The van der Waals surface area contributed by atoms with Crippen molar-refractivity contribution in [3.8, 4) is 0 Å². The standard InChI is InChI=1S/C17H19F3N4O3/c1-16(2,3)27-15(26)23-9-10-4-5-12(17(18,19)20)11(8-10)13(25)24-14-21-6-7-22-14/h4-8H,9H2,1-3H3,(H,23,26)(H2,21,22,24,25). The number of rotatable bonds is 4. The van der Waals surface area contributed by atoms with Crippen LogP contribution in [0.25, 0.3) is 0 Å². The van der Waals surface area contributed by atoms with E-state index in [9.17, 15) is 22.8 Å². The van der Waals surface area contributed by atoms with Crippen LogP contribution in [0.4, 0.5) is 23.9 Å². The highest BCUT2D eigenvalue weighted by Crippen LogP contribution is 2.32. The van der Waals surface area contributed by atoms with Crippen molar-refractivity contribution in [2.45, 2.75) is 39.1 Å². The van der Waals surface area contributed by atoms with Gasteiger partial charge in [-0.2, -0.15) is 13.2 Å². The molecular formula is C17H19F3N4O3. The highest BCUT2D eigenvalue weighted by atomic mass is 19.4. The van der Waals surface area contributed by atoms with Gasteiger partial charge < -0.3 is 15.0 Å². The minimum atomic E-state index is -4.72. The summed E-state index contributed by atoms with van der Waals surface area (Å²) < 4.78 is 44.7. The van der Waals surface area contributed by atoms with Gasteiger partial charge in [-0.05, 0) is 38.5 Å². The SMILES string of the molecule is CC(C)(C)OC(=O)NCc1ccc(C(F)(F)F)c(C(=O)Nc2ncc[nH]2)c1. The number of ether oxygens (including phenoxy) is 1. The molecule has 27 heavy (non-hydrogen) atoms. The van der Waals surface area contributed by atoms with Crippen LogP contribution in [-0.4, -0.2) is 27.6 Å². The van der Waals surface area contributed by atoms with E-state index < -0.39 is 34.9 Å². The summed E-state index contributed by atoms with van der Waals surface area (Å²) in [5, 5.41) is 4.69. The van der Waals surface area contributed by atoms with E-state index >= 15 is 0 Å². The lowest BCUT2D eigenvalue weighted by atomic mass is 10.0. The zero-order chi connectivity index (χ0) is 20.2. The fraction of sp³-hybridized carbons (Fsp3) is 0.353. The first-order valence-corrected chi connectivity index (χ1v) is 7.93. The molecule has 10 heteroatoms. The number of H-pyrrole nitrogens is 1. The Bertz CT molecular complexity index is 812. The van der Waals surface area contributed by atoms with E-state index in [0.717, 1.165) is 12.1 Å². The molecule has 0 atom stereocenters. The number of hydrogen-bond donors (Lipinski definition) is 3. The minimum absolute atomic E-state index is 0.0189. The van der Waals surface area contributed by atoms with E-state index in [4.69, 9.17) is 4.74 Å². The van der Waals surface area contributed by atoms with Crippen LogP contribution >= 0.6 is 0 Å². The van der Waals surface area contributed by atoms with Gasteiger partial charge in [-0.3, -0.25) is 10.1 Å². The lowest BCUT2D eigenvalue weighted by molar-refractivity contribution is -0.137. The summed E-state index contributed by atoms with van der Waals surface area (Å²) >= 11 is 0. The monoisotopic (exact) mass is 384 g/mol. The van der Waals surface area contributed by atoms with Gasteiger partial charge in [0.05, 0.1) is 11.1 Å². The summed E-state index contributed by atoms with van der Waals surface area (Å²) in [6.45, 7) is 4.94. The Balaban J connectivity index is 2.21. The van der Waals surface area contributed by atoms with Crippen LogP contribution in [0.15, 0.2) is 30.6 Å². The van der Waals surface area contributed by atoms with Crippen molar-refractivity contribution in [1.29, 1.82) is 0 Å². The largest absolute Gasteiger partial charge is 0.444 e. The second kappa shape index (κ2) is 7.68. The van der Waals surface area contributed by atoms with E-state index in [1.54, 1.807) is 20.8 Å². The summed E-state index contributed by atoms with van der Waals surface area (Å²) in [6, 6.07) is 3.05. The molecule has 2 rings (SSSR count). The second-order valence-electron chi connectivity index (χ2n) is 6.63. The van der Waals surface area contributed by atoms with Gasteiger partial charge in [0.2, 0.25) is 5.95 Å². The number of carbonyl (C=O) groups excluding carboxylic acids is 2. The van der Waals surface area contributed by atoms with Crippen molar-refractivity contribution < 1.29 is 27.5 Å². The first-order chi connectivity index (χ1) is 12.5. The Hall–Kier alpha value is -3.04. The summed E-state index contributed by atoms with van der Waals surface area (Å²) in [5.74, 6) is -0.957. The van der Waals surface area contributed by atoms with Crippen molar-refractivity contribution >= 4 is 17.9 Å². The minimum Gasteiger partial charge on any atom is -0.444 e. The Morgan fingerprint density at radius 3 is 2.48 bits per heavy atom. The number of nitrogens with one attached hydrogen (secondary N) is 3. The molecule has 2 amide bonds. The molecule has 0 unspecified atom stereocenters. The third-order valence-corrected chi connectivity index (χ3v) is 3.20. The molecule has 0 radical (unpaired) electrons. The molecule has 1 aromatic heterocycles. The number of hydrogen-bond acceptors (Lipinski definition) is 4. The van der Waals surface area contributed by atoms with Gasteiger partial charge in [-0.1, -0.05) is 6.07 Å². The van der Waals surface area contributed by atoms with Crippen LogP contribution in [0, 0.1) is 0 Å². The Morgan fingerprint density at radius 1 is 1.22 bits per heavy atom. The van der Waals surface area contributed by atoms with Crippen molar-refractivity contribution in [2.75, 3.05) is 5.32 Å². The molecule has 0 fully saturated rings. The smallest absolute Gasteiger partial charge is 0.417 e. The van der Waals surface area contributed by atoms with Crippen LogP contribution in [0.1, 0.15) is 42.3 Å². The van der Waals surface area contributed by atoms with Crippen LogP contribution in [0.2, 0.25) is 0 Å².